The van der Waals surface area contributed by atoms with Crippen LogP contribution in [-0.2, 0) is 16.6 Å². The van der Waals surface area contributed by atoms with E-state index in [-0.39, 0.29) is 23.0 Å². The van der Waals surface area contributed by atoms with Crippen LogP contribution in [0.25, 0.3) is 5.69 Å². The molecule has 1 saturated heterocycles. The van der Waals surface area contributed by atoms with Gasteiger partial charge in [0, 0.05) is 25.7 Å². The van der Waals surface area contributed by atoms with E-state index in [4.69, 9.17) is 4.74 Å². The highest BCUT2D eigenvalue weighted by atomic mass is 32.2. The average molecular weight is 470 g/mol. The van der Waals surface area contributed by atoms with Crippen molar-refractivity contribution in [2.45, 2.75) is 37.6 Å². The minimum absolute atomic E-state index is 0.224. The molecule has 1 aromatic heterocycles. The van der Waals surface area contributed by atoms with Gasteiger partial charge in [-0.05, 0) is 49.6 Å². The number of nitrogens with zero attached hydrogens (tertiary/aromatic N) is 4. The van der Waals surface area contributed by atoms with Crippen molar-refractivity contribution < 1.29 is 17.9 Å². The third-order valence-electron chi connectivity index (χ3n) is 5.74. The van der Waals surface area contributed by atoms with Crippen LogP contribution < -0.4 is 10.1 Å². The highest BCUT2D eigenvalue weighted by molar-refractivity contribution is 7.89. The number of piperidine rings is 1. The molecule has 33 heavy (non-hydrogen) atoms. The van der Waals surface area contributed by atoms with Crippen molar-refractivity contribution in [3.8, 4) is 11.4 Å². The van der Waals surface area contributed by atoms with Gasteiger partial charge in [0.2, 0.25) is 10.0 Å². The SMILES string of the molecule is COc1cccc(-n2nnc(C(=O)NCc3ccc(S(=O)(=O)N4CCCCC4)cc3)c2C)c1. The van der Waals surface area contributed by atoms with Gasteiger partial charge in [-0.3, -0.25) is 4.79 Å². The van der Waals surface area contributed by atoms with Crippen molar-refractivity contribution in [1.82, 2.24) is 24.6 Å². The van der Waals surface area contributed by atoms with Crippen molar-refractivity contribution in [3.05, 3.63) is 65.5 Å². The molecule has 0 radical (unpaired) electrons. The summed E-state index contributed by atoms with van der Waals surface area (Å²) >= 11 is 0. The third kappa shape index (κ3) is 4.91. The van der Waals surface area contributed by atoms with Gasteiger partial charge in [-0.25, -0.2) is 13.1 Å². The van der Waals surface area contributed by atoms with Crippen molar-refractivity contribution in [3.63, 3.8) is 0 Å². The molecule has 0 aliphatic carbocycles. The first-order chi connectivity index (χ1) is 15.9. The smallest absolute Gasteiger partial charge is 0.274 e. The van der Waals surface area contributed by atoms with Crippen LogP contribution in [0.2, 0.25) is 0 Å². The van der Waals surface area contributed by atoms with Crippen LogP contribution in [-0.4, -0.2) is 53.8 Å². The van der Waals surface area contributed by atoms with Crippen LogP contribution in [0.4, 0.5) is 0 Å². The number of nitrogens with one attached hydrogen (secondary N) is 1. The van der Waals surface area contributed by atoms with Crippen molar-refractivity contribution in [2.75, 3.05) is 20.2 Å². The van der Waals surface area contributed by atoms with E-state index >= 15 is 0 Å². The molecule has 0 unspecified atom stereocenters. The second-order valence-corrected chi connectivity index (χ2v) is 9.87. The number of carbonyl (C=O) groups is 1. The summed E-state index contributed by atoms with van der Waals surface area (Å²) in [6.45, 7) is 3.15. The zero-order valence-electron chi connectivity index (χ0n) is 18.7. The van der Waals surface area contributed by atoms with Crippen molar-refractivity contribution >= 4 is 15.9 Å². The second-order valence-electron chi connectivity index (χ2n) is 7.93. The molecule has 4 rings (SSSR count). The Morgan fingerprint density at radius 2 is 1.82 bits per heavy atom. The second kappa shape index (κ2) is 9.72. The van der Waals surface area contributed by atoms with Crippen LogP contribution in [0.5, 0.6) is 5.75 Å². The molecule has 1 N–H and O–H groups in total. The number of rotatable bonds is 7. The summed E-state index contributed by atoms with van der Waals surface area (Å²) in [6.07, 6.45) is 2.85. The monoisotopic (exact) mass is 469 g/mol. The molecule has 2 aromatic carbocycles. The molecule has 1 aliphatic rings. The summed E-state index contributed by atoms with van der Waals surface area (Å²) in [6, 6.07) is 13.9. The summed E-state index contributed by atoms with van der Waals surface area (Å²) < 4.78 is 33.9. The zero-order chi connectivity index (χ0) is 23.4. The number of hydrogen-bond acceptors (Lipinski definition) is 6. The summed E-state index contributed by atoms with van der Waals surface area (Å²) in [5.41, 5.74) is 2.36. The van der Waals surface area contributed by atoms with E-state index in [1.165, 1.54) is 0 Å². The molecule has 2 heterocycles. The van der Waals surface area contributed by atoms with Crippen LogP contribution in [0.3, 0.4) is 0 Å². The van der Waals surface area contributed by atoms with Gasteiger partial charge in [-0.15, -0.1) is 5.10 Å². The molecule has 0 bridgehead atoms. The first kappa shape index (κ1) is 22.9. The largest absolute Gasteiger partial charge is 0.497 e. The fraction of sp³-hybridized carbons (Fsp3) is 0.348. The lowest BCUT2D eigenvalue weighted by Gasteiger charge is -2.25. The number of methoxy groups -OCH3 is 1. The number of sulfonamides is 1. The summed E-state index contributed by atoms with van der Waals surface area (Å²) in [4.78, 5) is 13.0. The number of amides is 1. The van der Waals surface area contributed by atoms with Crippen molar-refractivity contribution in [1.29, 1.82) is 0 Å². The molecule has 1 aliphatic heterocycles. The van der Waals surface area contributed by atoms with E-state index in [0.29, 0.717) is 24.5 Å². The topological polar surface area (TPSA) is 106 Å². The molecule has 0 saturated carbocycles. The zero-order valence-corrected chi connectivity index (χ0v) is 19.5. The Morgan fingerprint density at radius 1 is 1.09 bits per heavy atom. The Labute approximate surface area is 193 Å². The van der Waals surface area contributed by atoms with Crippen LogP contribution in [0.15, 0.2) is 53.4 Å². The Hall–Kier alpha value is -3.24. The maximum atomic E-state index is 12.8. The first-order valence-electron chi connectivity index (χ1n) is 10.8. The fourth-order valence-electron chi connectivity index (χ4n) is 3.83. The first-order valence-corrected chi connectivity index (χ1v) is 12.3. The van der Waals surface area contributed by atoms with Crippen LogP contribution >= 0.6 is 0 Å². The third-order valence-corrected chi connectivity index (χ3v) is 7.65. The molecule has 1 fully saturated rings. The highest BCUT2D eigenvalue weighted by Gasteiger charge is 2.25. The van der Waals surface area contributed by atoms with E-state index < -0.39 is 10.0 Å². The molecule has 9 nitrogen and oxygen atoms in total. The molecule has 3 aromatic rings. The lowest BCUT2D eigenvalue weighted by molar-refractivity contribution is 0.0945. The Kier molecular flexibility index (Phi) is 6.75. The van der Waals surface area contributed by atoms with E-state index in [9.17, 15) is 13.2 Å². The lowest BCUT2D eigenvalue weighted by atomic mass is 10.2. The molecule has 0 atom stereocenters. The normalized spacial score (nSPS) is 14.7. The minimum Gasteiger partial charge on any atom is -0.497 e. The number of carbonyl (C=O) groups excluding carboxylic acids is 1. The summed E-state index contributed by atoms with van der Waals surface area (Å²) in [7, 11) is -1.89. The molecule has 174 valence electrons. The molecular weight excluding hydrogens is 442 g/mol. The summed E-state index contributed by atoms with van der Waals surface area (Å²) in [5, 5.41) is 11.0. The quantitative estimate of drug-likeness (QED) is 0.570. The maximum Gasteiger partial charge on any atom is 0.274 e. The average Bonchev–Trinajstić information content (AvgIpc) is 3.24. The lowest BCUT2D eigenvalue weighted by Crippen LogP contribution is -2.35. The predicted molar refractivity (Wildman–Crippen MR) is 123 cm³/mol. The van der Waals surface area contributed by atoms with E-state index in [0.717, 1.165) is 30.5 Å². The van der Waals surface area contributed by atoms with E-state index in [2.05, 4.69) is 15.6 Å². The van der Waals surface area contributed by atoms with Gasteiger partial charge in [0.15, 0.2) is 5.69 Å². The molecule has 10 heteroatoms. The molecule has 1 amide bonds. The van der Waals surface area contributed by atoms with E-state index in [1.807, 2.05) is 24.3 Å². The van der Waals surface area contributed by atoms with Crippen LogP contribution in [0, 0.1) is 6.92 Å². The number of ether oxygens (including phenoxy) is 1. The Balaban J connectivity index is 1.41. The fourth-order valence-corrected chi connectivity index (χ4v) is 5.34. The maximum absolute atomic E-state index is 12.8. The molecule has 0 spiro atoms. The van der Waals surface area contributed by atoms with E-state index in [1.54, 1.807) is 47.3 Å². The minimum atomic E-state index is -3.47. The molecular formula is C23H27N5O4S. The highest BCUT2D eigenvalue weighted by Crippen LogP contribution is 2.21. The predicted octanol–water partition coefficient (Wildman–Crippen LogP) is 2.69. The number of benzene rings is 2. The van der Waals surface area contributed by atoms with Gasteiger partial charge in [0.05, 0.1) is 23.4 Å². The number of aromatic nitrogens is 3. The van der Waals surface area contributed by atoms with Gasteiger partial charge in [-0.2, -0.15) is 4.31 Å². The van der Waals surface area contributed by atoms with Gasteiger partial charge < -0.3 is 10.1 Å². The van der Waals surface area contributed by atoms with Gasteiger partial charge >= 0.3 is 0 Å². The van der Waals surface area contributed by atoms with Gasteiger partial charge in [0.25, 0.3) is 5.91 Å². The standard InChI is InChI=1S/C23H27N5O4S/c1-17-22(25-26-28(17)19-7-6-8-20(15-19)32-2)23(29)24-16-18-9-11-21(12-10-18)33(30,31)27-13-4-3-5-14-27/h6-12,15H,3-5,13-14,16H2,1-2H3,(H,24,29). The number of hydrogen-bond donors (Lipinski definition) is 1. The van der Waals surface area contributed by atoms with Crippen molar-refractivity contribution in [2.24, 2.45) is 0 Å². The van der Waals surface area contributed by atoms with Crippen LogP contribution in [0.1, 0.15) is 41.0 Å². The van der Waals surface area contributed by atoms with Gasteiger partial charge in [-0.1, -0.05) is 29.8 Å². The van der Waals surface area contributed by atoms with Gasteiger partial charge in [0.1, 0.15) is 5.75 Å². The Bertz CT molecular complexity index is 1230. The summed E-state index contributed by atoms with van der Waals surface area (Å²) in [5.74, 6) is 0.325. The Morgan fingerprint density at radius 3 is 2.52 bits per heavy atom.